The van der Waals surface area contributed by atoms with Gasteiger partial charge < -0.3 is 20.3 Å². The van der Waals surface area contributed by atoms with Crippen LogP contribution in [0.15, 0.2) is 42.6 Å². The summed E-state index contributed by atoms with van der Waals surface area (Å²) in [6, 6.07) is 12.6. The maximum Gasteiger partial charge on any atom is 0.225 e. The highest BCUT2D eigenvalue weighted by Gasteiger charge is 2.32. The Morgan fingerprint density at radius 2 is 2.06 bits per heavy atom. The zero-order valence-electron chi connectivity index (χ0n) is 19.3. The van der Waals surface area contributed by atoms with E-state index in [9.17, 15) is 4.79 Å². The van der Waals surface area contributed by atoms with E-state index in [1.807, 2.05) is 17.2 Å². The molecule has 7 heteroatoms. The summed E-state index contributed by atoms with van der Waals surface area (Å²) < 4.78 is 5.07. The summed E-state index contributed by atoms with van der Waals surface area (Å²) in [7, 11) is 1.62. The van der Waals surface area contributed by atoms with Crippen LogP contribution in [0.5, 0.6) is 0 Å². The Bertz CT molecular complexity index is 1180. The Kier molecular flexibility index (Phi) is 5.89. The molecule has 7 nitrogen and oxygen atoms in total. The molecule has 1 atom stereocenters. The van der Waals surface area contributed by atoms with Crippen molar-refractivity contribution in [2.75, 3.05) is 44.0 Å². The van der Waals surface area contributed by atoms with Crippen LogP contribution < -0.4 is 10.6 Å². The van der Waals surface area contributed by atoms with Crippen molar-refractivity contribution < 1.29 is 9.53 Å². The number of pyridine rings is 2. The molecule has 33 heavy (non-hydrogen) atoms. The second-order valence-corrected chi connectivity index (χ2v) is 9.14. The second kappa shape index (κ2) is 8.98. The van der Waals surface area contributed by atoms with Gasteiger partial charge in [0.1, 0.15) is 0 Å². The smallest absolute Gasteiger partial charge is 0.225 e. The second-order valence-electron chi connectivity index (χ2n) is 9.14. The predicted molar refractivity (Wildman–Crippen MR) is 131 cm³/mol. The van der Waals surface area contributed by atoms with Crippen LogP contribution in [0.25, 0.3) is 22.0 Å². The van der Waals surface area contributed by atoms with Crippen LogP contribution in [0.2, 0.25) is 0 Å². The number of fused-ring (bicyclic) bond motifs is 1. The summed E-state index contributed by atoms with van der Waals surface area (Å²) in [4.78, 5) is 26.3. The summed E-state index contributed by atoms with van der Waals surface area (Å²) in [6.07, 6.45) is 4.56. The number of rotatable bonds is 6. The molecule has 1 amide bonds. The summed E-state index contributed by atoms with van der Waals surface area (Å²) in [5.74, 6) is 1.47. The van der Waals surface area contributed by atoms with Crippen LogP contribution in [-0.2, 0) is 9.53 Å². The van der Waals surface area contributed by atoms with E-state index in [4.69, 9.17) is 15.5 Å². The van der Waals surface area contributed by atoms with Crippen molar-refractivity contribution in [2.24, 2.45) is 0 Å². The number of nitrogens with two attached hydrogens (primary N) is 1. The molecule has 1 aliphatic carbocycles. The molecule has 2 N–H and O–H groups in total. The van der Waals surface area contributed by atoms with Gasteiger partial charge in [0, 0.05) is 55.9 Å². The third-order valence-corrected chi connectivity index (χ3v) is 6.71. The zero-order valence-corrected chi connectivity index (χ0v) is 19.3. The molecule has 3 heterocycles. The lowest BCUT2D eigenvalue weighted by molar-refractivity contribution is -0.134. The molecule has 0 radical (unpaired) electrons. The molecule has 5 rings (SSSR count). The van der Waals surface area contributed by atoms with Crippen molar-refractivity contribution in [3.8, 4) is 11.1 Å². The van der Waals surface area contributed by atoms with Crippen molar-refractivity contribution in [2.45, 2.75) is 38.1 Å². The van der Waals surface area contributed by atoms with E-state index in [-0.39, 0.29) is 11.9 Å². The molecule has 3 aromatic rings. The highest BCUT2D eigenvalue weighted by atomic mass is 16.5. The number of carbonyl (C=O) groups is 1. The molecule has 0 spiro atoms. The van der Waals surface area contributed by atoms with E-state index in [0.717, 1.165) is 59.5 Å². The number of ether oxygens (including phenoxy) is 1. The highest BCUT2D eigenvalue weighted by Crippen LogP contribution is 2.45. The number of amides is 1. The quantitative estimate of drug-likeness (QED) is 0.621. The fraction of sp³-hybridized carbons (Fsp3) is 0.423. The van der Waals surface area contributed by atoms with Gasteiger partial charge in [-0.1, -0.05) is 12.1 Å². The SMILES string of the molecule is COCCC(=O)N1CCN(c2nc(C3CC3)c(-c3ccc4ncccc4c3)cc2N)C[C@H]1C. The summed E-state index contributed by atoms with van der Waals surface area (Å²) in [5.41, 5.74) is 11.6. The van der Waals surface area contributed by atoms with Crippen molar-refractivity contribution >= 4 is 28.3 Å². The molecule has 1 aromatic carbocycles. The van der Waals surface area contributed by atoms with Crippen molar-refractivity contribution in [1.82, 2.24) is 14.9 Å². The molecule has 1 aliphatic heterocycles. The normalized spacial score (nSPS) is 18.7. The third-order valence-electron chi connectivity index (χ3n) is 6.71. The molecule has 172 valence electrons. The molecule has 2 aromatic heterocycles. The van der Waals surface area contributed by atoms with Crippen LogP contribution in [-0.4, -0.2) is 60.2 Å². The first kappa shape index (κ1) is 21.6. The van der Waals surface area contributed by atoms with Gasteiger partial charge in [0.15, 0.2) is 5.82 Å². The van der Waals surface area contributed by atoms with Gasteiger partial charge in [0.25, 0.3) is 0 Å². The molecule has 2 fully saturated rings. The summed E-state index contributed by atoms with van der Waals surface area (Å²) in [6.45, 7) is 4.67. The number of piperazine rings is 1. The maximum atomic E-state index is 12.5. The lowest BCUT2D eigenvalue weighted by Crippen LogP contribution is -2.54. The van der Waals surface area contributed by atoms with Gasteiger partial charge in [-0.3, -0.25) is 9.78 Å². The molecule has 2 aliphatic rings. The van der Waals surface area contributed by atoms with E-state index in [1.54, 1.807) is 7.11 Å². The number of hydrogen-bond acceptors (Lipinski definition) is 6. The Hall–Kier alpha value is -3.19. The van der Waals surface area contributed by atoms with Gasteiger partial charge >= 0.3 is 0 Å². The topological polar surface area (TPSA) is 84.6 Å². The first-order valence-corrected chi connectivity index (χ1v) is 11.7. The Morgan fingerprint density at radius 3 is 2.82 bits per heavy atom. The molecule has 1 saturated heterocycles. The van der Waals surface area contributed by atoms with Crippen molar-refractivity contribution in [3.05, 3.63) is 48.3 Å². The standard InChI is InChI=1S/C26H31N5O2/c1-17-16-30(11-12-31(17)24(32)9-13-33-2)26-22(27)15-21(25(29-26)18-5-6-18)19-7-8-23-20(14-19)4-3-10-28-23/h3-4,7-8,10,14-15,17-18H,5-6,9,11-13,16,27H2,1-2H3/t17-/m1/s1. The van der Waals surface area contributed by atoms with Crippen LogP contribution in [0, 0.1) is 0 Å². The van der Waals surface area contributed by atoms with Crippen LogP contribution >= 0.6 is 0 Å². The average molecular weight is 446 g/mol. The molecule has 1 saturated carbocycles. The Balaban J connectivity index is 1.43. The Labute approximate surface area is 194 Å². The maximum absolute atomic E-state index is 12.5. The van der Waals surface area contributed by atoms with Gasteiger partial charge in [-0.2, -0.15) is 0 Å². The number of hydrogen-bond donors (Lipinski definition) is 1. The van der Waals surface area contributed by atoms with Gasteiger partial charge in [0.2, 0.25) is 5.91 Å². The fourth-order valence-electron chi connectivity index (χ4n) is 4.78. The minimum absolute atomic E-state index is 0.0985. The largest absolute Gasteiger partial charge is 0.396 e. The monoisotopic (exact) mass is 445 g/mol. The van der Waals surface area contributed by atoms with Gasteiger partial charge in [0.05, 0.1) is 29.9 Å². The van der Waals surface area contributed by atoms with Crippen LogP contribution in [0.1, 0.15) is 37.8 Å². The minimum atomic E-state index is 0.0985. The molecule has 0 bridgehead atoms. The lowest BCUT2D eigenvalue weighted by Gasteiger charge is -2.41. The number of benzene rings is 1. The fourth-order valence-corrected chi connectivity index (χ4v) is 4.78. The van der Waals surface area contributed by atoms with Crippen LogP contribution in [0.4, 0.5) is 11.5 Å². The number of anilines is 2. The highest BCUT2D eigenvalue weighted by molar-refractivity contribution is 5.86. The van der Waals surface area contributed by atoms with Crippen molar-refractivity contribution in [3.63, 3.8) is 0 Å². The van der Waals surface area contributed by atoms with E-state index < -0.39 is 0 Å². The van der Waals surface area contributed by atoms with Crippen molar-refractivity contribution in [1.29, 1.82) is 0 Å². The van der Waals surface area contributed by atoms with Gasteiger partial charge in [-0.15, -0.1) is 0 Å². The van der Waals surface area contributed by atoms with Gasteiger partial charge in [-0.25, -0.2) is 4.98 Å². The predicted octanol–water partition coefficient (Wildman–Crippen LogP) is 3.83. The van der Waals surface area contributed by atoms with E-state index >= 15 is 0 Å². The third kappa shape index (κ3) is 4.37. The molecule has 0 unspecified atom stereocenters. The lowest BCUT2D eigenvalue weighted by atomic mass is 9.99. The minimum Gasteiger partial charge on any atom is -0.396 e. The van der Waals surface area contributed by atoms with Gasteiger partial charge in [-0.05, 0) is 49.6 Å². The number of nitrogens with zero attached hydrogens (tertiary/aromatic N) is 4. The number of aromatic nitrogens is 2. The Morgan fingerprint density at radius 1 is 1.21 bits per heavy atom. The van der Waals surface area contributed by atoms with E-state index in [1.165, 1.54) is 0 Å². The van der Waals surface area contributed by atoms with Crippen LogP contribution in [0.3, 0.4) is 0 Å². The number of methoxy groups -OCH3 is 1. The summed E-state index contributed by atoms with van der Waals surface area (Å²) >= 11 is 0. The van der Waals surface area contributed by atoms with E-state index in [0.29, 0.717) is 31.2 Å². The summed E-state index contributed by atoms with van der Waals surface area (Å²) in [5, 5.41) is 1.11. The zero-order chi connectivity index (χ0) is 22.9. The van der Waals surface area contributed by atoms with E-state index in [2.05, 4.69) is 47.1 Å². The first-order chi connectivity index (χ1) is 16.0. The average Bonchev–Trinajstić information content (AvgIpc) is 3.67. The molecular weight excluding hydrogens is 414 g/mol. The number of nitrogen functional groups attached to an aromatic ring is 1. The molecular formula is C26H31N5O2. The number of carbonyl (C=O) groups excluding carboxylic acids is 1. The first-order valence-electron chi connectivity index (χ1n) is 11.7.